The van der Waals surface area contributed by atoms with Gasteiger partial charge >= 0.3 is 0 Å². The number of aliphatic hydroxyl groups is 1. The molecule has 0 bridgehead atoms. The molecule has 0 saturated heterocycles. The van der Waals surface area contributed by atoms with Crippen molar-refractivity contribution in [3.63, 3.8) is 0 Å². The van der Waals surface area contributed by atoms with Crippen LogP contribution in [0.1, 0.15) is 25.7 Å². The summed E-state index contributed by atoms with van der Waals surface area (Å²) in [4.78, 5) is 0. The summed E-state index contributed by atoms with van der Waals surface area (Å²) in [6.45, 7) is 0.0185. The van der Waals surface area contributed by atoms with Crippen molar-refractivity contribution in [3.8, 4) is 0 Å². The topological polar surface area (TPSA) is 34.3 Å². The molecule has 0 atom stereocenters. The first kappa shape index (κ1) is 6.05. The van der Waals surface area contributed by atoms with E-state index in [1.54, 1.807) is 0 Å². The van der Waals surface area contributed by atoms with E-state index in [9.17, 15) is 0 Å². The molecule has 0 aromatic carbocycles. The van der Waals surface area contributed by atoms with Crippen LogP contribution in [0.25, 0.3) is 0 Å². The summed E-state index contributed by atoms with van der Waals surface area (Å²) in [5, 5.41) is 12.3. The maximum Gasteiger partial charge on any atom is 0.109 e. The van der Waals surface area contributed by atoms with Crippen molar-refractivity contribution in [2.24, 2.45) is 0 Å². The van der Waals surface area contributed by atoms with Gasteiger partial charge in [0.15, 0.2) is 0 Å². The zero-order valence-electron chi connectivity index (χ0n) is 5.01. The molecule has 0 amide bonds. The summed E-state index contributed by atoms with van der Waals surface area (Å²) in [6.07, 6.45) is 4.99. The highest BCUT2D eigenvalue weighted by Gasteiger charge is 2.13. The standard InChI is InChI=1S/C6H12NO/c8-5-7-6-3-1-2-4-6/h6,8H,1-5H2. The molecule has 8 heavy (non-hydrogen) atoms. The minimum Gasteiger partial charge on any atom is -0.380 e. The maximum atomic E-state index is 8.36. The van der Waals surface area contributed by atoms with Gasteiger partial charge in [-0.25, -0.2) is 5.32 Å². The molecule has 1 rings (SSSR count). The first-order valence-corrected chi connectivity index (χ1v) is 3.21. The molecule has 1 fully saturated rings. The van der Waals surface area contributed by atoms with Crippen LogP contribution >= 0.6 is 0 Å². The molecule has 1 saturated carbocycles. The van der Waals surface area contributed by atoms with Crippen molar-refractivity contribution in [1.29, 1.82) is 0 Å². The molecule has 1 radical (unpaired) electrons. The van der Waals surface area contributed by atoms with Gasteiger partial charge in [-0.1, -0.05) is 12.8 Å². The van der Waals surface area contributed by atoms with E-state index in [1.165, 1.54) is 25.7 Å². The van der Waals surface area contributed by atoms with E-state index >= 15 is 0 Å². The molecule has 2 nitrogen and oxygen atoms in total. The molecule has 1 aliphatic carbocycles. The fraction of sp³-hybridized carbons (Fsp3) is 1.00. The van der Waals surface area contributed by atoms with Gasteiger partial charge in [0, 0.05) is 6.04 Å². The third-order valence-electron chi connectivity index (χ3n) is 1.66. The number of hydrogen-bond donors (Lipinski definition) is 1. The first-order valence-electron chi connectivity index (χ1n) is 3.21. The van der Waals surface area contributed by atoms with E-state index in [4.69, 9.17) is 5.11 Å². The van der Waals surface area contributed by atoms with Crippen LogP contribution in [0, 0.1) is 0 Å². The van der Waals surface area contributed by atoms with Crippen LogP contribution in [0.3, 0.4) is 0 Å². The number of hydrogen-bond acceptors (Lipinski definition) is 1. The Morgan fingerprint density at radius 1 is 1.38 bits per heavy atom. The summed E-state index contributed by atoms with van der Waals surface area (Å²) >= 11 is 0. The van der Waals surface area contributed by atoms with Crippen molar-refractivity contribution in [3.05, 3.63) is 0 Å². The average Bonchev–Trinajstić information content (AvgIpc) is 2.19. The fourth-order valence-corrected chi connectivity index (χ4v) is 1.20. The first-order chi connectivity index (χ1) is 3.93. The molecule has 0 aromatic rings. The highest BCUT2D eigenvalue weighted by Crippen LogP contribution is 2.17. The van der Waals surface area contributed by atoms with Crippen molar-refractivity contribution in [2.45, 2.75) is 31.7 Å². The van der Waals surface area contributed by atoms with E-state index in [0.29, 0.717) is 6.04 Å². The van der Waals surface area contributed by atoms with Gasteiger partial charge in [0.2, 0.25) is 0 Å². The van der Waals surface area contributed by atoms with E-state index in [2.05, 4.69) is 5.32 Å². The second-order valence-corrected chi connectivity index (χ2v) is 2.26. The minimum absolute atomic E-state index is 0.0185. The lowest BCUT2D eigenvalue weighted by atomic mass is 10.3. The molecule has 47 valence electrons. The molecular formula is C6H12NO. The summed E-state index contributed by atoms with van der Waals surface area (Å²) in [7, 11) is 0. The van der Waals surface area contributed by atoms with Gasteiger partial charge < -0.3 is 5.11 Å². The lowest BCUT2D eigenvalue weighted by Crippen LogP contribution is -2.18. The van der Waals surface area contributed by atoms with Crippen LogP contribution in [-0.4, -0.2) is 17.9 Å². The van der Waals surface area contributed by atoms with Crippen molar-refractivity contribution in [2.75, 3.05) is 6.73 Å². The average molecular weight is 114 g/mol. The highest BCUT2D eigenvalue weighted by atomic mass is 16.3. The number of rotatable bonds is 2. The van der Waals surface area contributed by atoms with Crippen LogP contribution in [0.2, 0.25) is 0 Å². The largest absolute Gasteiger partial charge is 0.380 e. The number of aliphatic hydroxyl groups excluding tert-OH is 1. The van der Waals surface area contributed by atoms with Gasteiger partial charge in [-0.15, -0.1) is 0 Å². The normalized spacial score (nSPS) is 22.1. The van der Waals surface area contributed by atoms with Gasteiger partial charge in [0.1, 0.15) is 6.73 Å². The molecular weight excluding hydrogens is 102 g/mol. The lowest BCUT2D eigenvalue weighted by molar-refractivity contribution is 0.236. The zero-order valence-corrected chi connectivity index (χ0v) is 5.01. The SMILES string of the molecule is OC[N]C1CCCC1. The maximum absolute atomic E-state index is 8.36. The predicted octanol–water partition coefficient (Wildman–Crippen LogP) is 0.483. The highest BCUT2D eigenvalue weighted by molar-refractivity contribution is 4.71. The Bertz CT molecular complexity index is 59.5. The van der Waals surface area contributed by atoms with Gasteiger partial charge in [0.05, 0.1) is 0 Å². The van der Waals surface area contributed by atoms with Crippen molar-refractivity contribution in [1.82, 2.24) is 5.32 Å². The molecule has 0 aromatic heterocycles. The van der Waals surface area contributed by atoms with Crippen molar-refractivity contribution < 1.29 is 5.11 Å². The quantitative estimate of drug-likeness (QED) is 0.556. The Kier molecular flexibility index (Phi) is 2.30. The van der Waals surface area contributed by atoms with Crippen LogP contribution < -0.4 is 5.32 Å². The molecule has 0 heterocycles. The Labute approximate surface area is 49.9 Å². The van der Waals surface area contributed by atoms with Crippen LogP contribution in [0.5, 0.6) is 0 Å². The van der Waals surface area contributed by atoms with Crippen LogP contribution in [-0.2, 0) is 0 Å². The lowest BCUT2D eigenvalue weighted by Gasteiger charge is -2.03. The van der Waals surface area contributed by atoms with Crippen LogP contribution in [0.4, 0.5) is 0 Å². The van der Waals surface area contributed by atoms with Crippen LogP contribution in [0.15, 0.2) is 0 Å². The van der Waals surface area contributed by atoms with Gasteiger partial charge in [-0.2, -0.15) is 0 Å². The Morgan fingerprint density at radius 2 is 2.00 bits per heavy atom. The third-order valence-corrected chi connectivity index (χ3v) is 1.66. The molecule has 2 heteroatoms. The number of nitrogens with zero attached hydrogens (tertiary/aromatic N) is 1. The molecule has 0 aliphatic heterocycles. The molecule has 1 N–H and O–H groups in total. The summed E-state index contributed by atoms with van der Waals surface area (Å²) < 4.78 is 0. The monoisotopic (exact) mass is 114 g/mol. The smallest absolute Gasteiger partial charge is 0.109 e. The molecule has 1 aliphatic rings. The zero-order chi connectivity index (χ0) is 5.82. The fourth-order valence-electron chi connectivity index (χ4n) is 1.20. The Balaban J connectivity index is 2.06. The van der Waals surface area contributed by atoms with E-state index in [0.717, 1.165) is 0 Å². The Morgan fingerprint density at radius 3 is 2.50 bits per heavy atom. The second-order valence-electron chi connectivity index (χ2n) is 2.26. The van der Waals surface area contributed by atoms with Crippen molar-refractivity contribution >= 4 is 0 Å². The third kappa shape index (κ3) is 1.46. The van der Waals surface area contributed by atoms with Gasteiger partial charge in [-0.05, 0) is 12.8 Å². The minimum atomic E-state index is 0.0185. The summed E-state index contributed by atoms with van der Waals surface area (Å²) in [6, 6.07) is 0.486. The Hall–Kier alpha value is -0.0800. The summed E-state index contributed by atoms with van der Waals surface area (Å²) in [5.41, 5.74) is 0. The molecule has 0 spiro atoms. The van der Waals surface area contributed by atoms with E-state index < -0.39 is 0 Å². The predicted molar refractivity (Wildman–Crippen MR) is 31.5 cm³/mol. The summed E-state index contributed by atoms with van der Waals surface area (Å²) in [5.74, 6) is 0. The van der Waals surface area contributed by atoms with E-state index in [1.807, 2.05) is 0 Å². The second kappa shape index (κ2) is 3.05. The van der Waals surface area contributed by atoms with E-state index in [-0.39, 0.29) is 6.73 Å². The van der Waals surface area contributed by atoms with Gasteiger partial charge in [0.25, 0.3) is 0 Å². The molecule has 0 unspecified atom stereocenters. The van der Waals surface area contributed by atoms with Gasteiger partial charge in [-0.3, -0.25) is 0 Å².